The number of hydrogen-bond donors (Lipinski definition) is 1. The molecule has 5 rings (SSSR count). The number of Topliss-reactive ketones (excluding diaryl/α,β-unsaturated/α-hetero) is 1. The summed E-state index contributed by atoms with van der Waals surface area (Å²) in [4.78, 5) is 39.5. The Morgan fingerprint density at radius 1 is 1.17 bits per heavy atom. The van der Waals surface area contributed by atoms with Gasteiger partial charge in [0.2, 0.25) is 0 Å². The molecule has 0 unspecified atom stereocenters. The monoisotopic (exact) mass is 492 g/mol. The molecule has 1 aromatic heterocycles. The number of thiophene rings is 1. The molecule has 1 aromatic carbocycles. The first kappa shape index (κ1) is 23.5. The first-order chi connectivity index (χ1) is 16.8. The fourth-order valence-corrected chi connectivity index (χ4v) is 6.42. The number of carbonyl (C=O) groups excluding carboxylic acids is 2. The summed E-state index contributed by atoms with van der Waals surface area (Å²) in [5.74, 6) is -1.11. The second-order valence-electron chi connectivity index (χ2n) is 9.65. The van der Waals surface area contributed by atoms with Gasteiger partial charge in [0.25, 0.3) is 5.69 Å². The Balaban J connectivity index is 1.60. The van der Waals surface area contributed by atoms with Crippen LogP contribution >= 0.6 is 11.3 Å². The van der Waals surface area contributed by atoms with Crippen LogP contribution < -0.4 is 5.32 Å². The predicted octanol–water partition coefficient (Wildman–Crippen LogP) is 5.81. The number of rotatable bonds is 5. The van der Waals surface area contributed by atoms with E-state index in [0.717, 1.165) is 36.3 Å². The summed E-state index contributed by atoms with van der Waals surface area (Å²) < 4.78 is 5.87. The molecule has 0 amide bonds. The lowest BCUT2D eigenvalue weighted by Gasteiger charge is -2.36. The number of esters is 1. The normalized spacial score (nSPS) is 22.7. The Morgan fingerprint density at radius 3 is 2.63 bits per heavy atom. The molecule has 1 saturated carbocycles. The van der Waals surface area contributed by atoms with E-state index in [1.54, 1.807) is 30.4 Å². The zero-order chi connectivity index (χ0) is 24.7. The number of benzene rings is 1. The molecule has 1 fully saturated rings. The van der Waals surface area contributed by atoms with Crippen LogP contribution in [0.25, 0.3) is 0 Å². The molecule has 0 bridgehead atoms. The lowest BCUT2D eigenvalue weighted by atomic mass is 9.72. The van der Waals surface area contributed by atoms with Gasteiger partial charge in [0, 0.05) is 51.7 Å². The quantitative estimate of drug-likeness (QED) is 0.321. The van der Waals surface area contributed by atoms with Crippen molar-refractivity contribution in [1.82, 2.24) is 5.32 Å². The maximum atomic E-state index is 13.6. The van der Waals surface area contributed by atoms with Gasteiger partial charge in [0.15, 0.2) is 5.78 Å². The average Bonchev–Trinajstić information content (AvgIpc) is 3.52. The third-order valence-corrected chi connectivity index (χ3v) is 8.37. The van der Waals surface area contributed by atoms with Crippen molar-refractivity contribution < 1.29 is 19.2 Å². The van der Waals surface area contributed by atoms with E-state index in [4.69, 9.17) is 4.74 Å². The number of nitrogens with one attached hydrogen (secondary N) is 1. The Morgan fingerprint density at radius 2 is 1.94 bits per heavy atom. The highest BCUT2D eigenvalue weighted by molar-refractivity contribution is 7.10. The fraction of sp³-hybridized carbons (Fsp3) is 0.407. The zero-order valence-corrected chi connectivity index (χ0v) is 20.7. The Bertz CT molecular complexity index is 1250. The molecule has 2 atom stereocenters. The van der Waals surface area contributed by atoms with Gasteiger partial charge in [0.1, 0.15) is 6.10 Å². The number of nitrogens with zero attached hydrogens (tertiary/aromatic N) is 1. The van der Waals surface area contributed by atoms with Gasteiger partial charge in [0.05, 0.1) is 10.5 Å². The third kappa shape index (κ3) is 4.43. The highest BCUT2D eigenvalue weighted by atomic mass is 32.1. The predicted molar refractivity (Wildman–Crippen MR) is 133 cm³/mol. The number of nitro groups is 1. The largest absolute Gasteiger partial charge is 0.459 e. The maximum absolute atomic E-state index is 13.6. The molecule has 7 nitrogen and oxygen atoms in total. The molecule has 0 spiro atoms. The SMILES string of the molecule is CC1=C(C(=O)OC2CCCC2)[C@H](c2ccc(C)c([N+](=O)[O-])c2)C2=C(C[C@H](c3cccs3)CC2=O)N1. The van der Waals surface area contributed by atoms with E-state index in [9.17, 15) is 19.7 Å². The minimum Gasteiger partial charge on any atom is -0.459 e. The summed E-state index contributed by atoms with van der Waals surface area (Å²) in [6, 6.07) is 9.01. The van der Waals surface area contributed by atoms with Gasteiger partial charge in [-0.15, -0.1) is 11.3 Å². The molecule has 2 aliphatic carbocycles. The van der Waals surface area contributed by atoms with Gasteiger partial charge in [-0.1, -0.05) is 18.2 Å². The zero-order valence-electron chi connectivity index (χ0n) is 19.8. The first-order valence-corrected chi connectivity index (χ1v) is 12.9. The average molecular weight is 493 g/mol. The van der Waals surface area contributed by atoms with Crippen molar-refractivity contribution in [2.24, 2.45) is 0 Å². The van der Waals surface area contributed by atoms with Gasteiger partial charge in [-0.3, -0.25) is 14.9 Å². The van der Waals surface area contributed by atoms with E-state index in [1.165, 1.54) is 6.07 Å². The van der Waals surface area contributed by atoms with Crippen LogP contribution in [0.3, 0.4) is 0 Å². The summed E-state index contributed by atoms with van der Waals surface area (Å²) in [6.07, 6.45) is 4.59. The van der Waals surface area contributed by atoms with E-state index >= 15 is 0 Å². The van der Waals surface area contributed by atoms with Crippen LogP contribution in [0.1, 0.15) is 73.3 Å². The summed E-state index contributed by atoms with van der Waals surface area (Å²) in [5.41, 5.74) is 3.41. The smallest absolute Gasteiger partial charge is 0.337 e. The molecule has 2 aromatic rings. The van der Waals surface area contributed by atoms with Gasteiger partial charge in [-0.25, -0.2) is 4.79 Å². The number of ketones is 1. The lowest BCUT2D eigenvalue weighted by Crippen LogP contribution is -2.36. The third-order valence-electron chi connectivity index (χ3n) is 7.33. The van der Waals surface area contributed by atoms with Crippen LogP contribution in [0, 0.1) is 17.0 Å². The number of carbonyl (C=O) groups is 2. The fourth-order valence-electron chi connectivity index (χ4n) is 5.59. The highest BCUT2D eigenvalue weighted by Gasteiger charge is 2.42. The minimum absolute atomic E-state index is 0.0240. The van der Waals surface area contributed by atoms with Crippen molar-refractivity contribution in [3.05, 3.63) is 84.4 Å². The first-order valence-electron chi connectivity index (χ1n) is 12.1. The van der Waals surface area contributed by atoms with E-state index in [-0.39, 0.29) is 23.5 Å². The summed E-state index contributed by atoms with van der Waals surface area (Å²) in [7, 11) is 0. The van der Waals surface area contributed by atoms with E-state index in [2.05, 4.69) is 5.32 Å². The Kier molecular flexibility index (Phi) is 6.32. The van der Waals surface area contributed by atoms with Crippen molar-refractivity contribution in [2.75, 3.05) is 0 Å². The van der Waals surface area contributed by atoms with Gasteiger partial charge >= 0.3 is 5.97 Å². The highest BCUT2D eigenvalue weighted by Crippen LogP contribution is 2.47. The molecule has 0 radical (unpaired) electrons. The molecule has 3 aliphatic rings. The number of aryl methyl sites for hydroxylation is 1. The number of hydrogen-bond acceptors (Lipinski definition) is 7. The molecule has 35 heavy (non-hydrogen) atoms. The molecule has 8 heteroatoms. The molecule has 2 heterocycles. The summed E-state index contributed by atoms with van der Waals surface area (Å²) in [5, 5.41) is 17.1. The summed E-state index contributed by atoms with van der Waals surface area (Å²) >= 11 is 1.64. The molecular weight excluding hydrogens is 464 g/mol. The van der Waals surface area contributed by atoms with Gasteiger partial charge in [-0.05, 0) is 63.0 Å². The number of dihydropyridines is 1. The van der Waals surface area contributed by atoms with Crippen molar-refractivity contribution in [2.45, 2.75) is 70.3 Å². The topological polar surface area (TPSA) is 98.5 Å². The molecule has 1 N–H and O–H groups in total. The van der Waals surface area contributed by atoms with Crippen LogP contribution in [0.4, 0.5) is 5.69 Å². The Labute approximate surface area is 208 Å². The van der Waals surface area contributed by atoms with Crippen LogP contribution in [0.15, 0.2) is 58.3 Å². The van der Waals surface area contributed by atoms with E-state index in [1.807, 2.05) is 24.4 Å². The van der Waals surface area contributed by atoms with E-state index in [0.29, 0.717) is 40.8 Å². The molecule has 1 aliphatic heterocycles. The van der Waals surface area contributed by atoms with Crippen molar-refractivity contribution in [1.29, 1.82) is 0 Å². The van der Waals surface area contributed by atoms with Crippen LogP contribution in [0.5, 0.6) is 0 Å². The van der Waals surface area contributed by atoms with Crippen molar-refractivity contribution in [3.8, 4) is 0 Å². The lowest BCUT2D eigenvalue weighted by molar-refractivity contribution is -0.385. The van der Waals surface area contributed by atoms with Crippen molar-refractivity contribution >= 4 is 28.8 Å². The van der Waals surface area contributed by atoms with E-state index < -0.39 is 16.8 Å². The maximum Gasteiger partial charge on any atom is 0.337 e. The van der Waals surface area contributed by atoms with Crippen LogP contribution in [-0.2, 0) is 14.3 Å². The summed E-state index contributed by atoms with van der Waals surface area (Å²) in [6.45, 7) is 3.51. The van der Waals surface area contributed by atoms with Crippen LogP contribution in [0.2, 0.25) is 0 Å². The number of allylic oxidation sites excluding steroid dienone is 3. The molecule has 182 valence electrons. The minimum atomic E-state index is -0.698. The molecular formula is C27H28N2O5S. The van der Waals surface area contributed by atoms with Crippen LogP contribution in [-0.4, -0.2) is 22.8 Å². The van der Waals surface area contributed by atoms with Gasteiger partial charge in [-0.2, -0.15) is 0 Å². The second-order valence-corrected chi connectivity index (χ2v) is 10.6. The van der Waals surface area contributed by atoms with Gasteiger partial charge < -0.3 is 10.1 Å². The standard InChI is InChI=1S/C27H28N2O5S/c1-15-9-10-17(13-21(15)29(32)33)25-24(27(31)34-19-6-3-4-7-19)16(2)28-20-12-18(14-22(30)26(20)25)23-8-5-11-35-23/h5,8-11,13,18-19,25,28H,3-4,6-7,12,14H2,1-2H3/t18-,25-/m0/s1. The number of nitro benzene ring substituents is 1. The number of ether oxygens (including phenoxy) is 1. The molecule has 0 saturated heterocycles. The van der Waals surface area contributed by atoms with Crippen molar-refractivity contribution in [3.63, 3.8) is 0 Å². The Hall–Kier alpha value is -3.26. The second kappa shape index (κ2) is 9.41.